The van der Waals surface area contributed by atoms with Crippen LogP contribution >= 0.6 is 11.6 Å². The van der Waals surface area contributed by atoms with Crippen LogP contribution < -0.4 is 0 Å². The van der Waals surface area contributed by atoms with Crippen molar-refractivity contribution in [3.63, 3.8) is 0 Å². The van der Waals surface area contributed by atoms with Crippen LogP contribution in [-0.2, 0) is 9.53 Å². The highest BCUT2D eigenvalue weighted by Gasteiger charge is 2.33. The van der Waals surface area contributed by atoms with E-state index in [9.17, 15) is 4.79 Å². The minimum atomic E-state index is -0.238. The molecule has 2 nitrogen and oxygen atoms in total. The highest BCUT2D eigenvalue weighted by molar-refractivity contribution is 6.20. The van der Waals surface area contributed by atoms with Crippen LogP contribution in [0.15, 0.2) is 30.3 Å². The number of carbonyl (C=O) groups excluding carboxylic acids is 1. The molecule has 0 amide bonds. The smallest absolute Gasteiger partial charge is 0.303 e. The lowest BCUT2D eigenvalue weighted by Crippen LogP contribution is -2.29. The van der Waals surface area contributed by atoms with E-state index in [1.54, 1.807) is 0 Å². The van der Waals surface area contributed by atoms with Crippen LogP contribution in [0.3, 0.4) is 0 Å². The molecule has 0 bridgehead atoms. The number of esters is 1. The third kappa shape index (κ3) is 3.26. The molecule has 3 heteroatoms. The van der Waals surface area contributed by atoms with Gasteiger partial charge in [-0.25, -0.2) is 0 Å². The first-order valence-electron chi connectivity index (χ1n) is 6.54. The summed E-state index contributed by atoms with van der Waals surface area (Å²) in [7, 11) is 0. The molecular formula is C15H19ClO2. The van der Waals surface area contributed by atoms with Gasteiger partial charge in [0.05, 0.1) is 0 Å². The average Bonchev–Trinajstić information content (AvgIpc) is 2.38. The summed E-state index contributed by atoms with van der Waals surface area (Å²) < 4.78 is 5.52. The Labute approximate surface area is 113 Å². The minimum Gasteiger partial charge on any atom is -0.457 e. The van der Waals surface area contributed by atoms with Crippen molar-refractivity contribution in [2.75, 3.05) is 0 Å². The second kappa shape index (κ2) is 6.24. The summed E-state index contributed by atoms with van der Waals surface area (Å²) in [6.07, 6.45) is 4.18. The fourth-order valence-corrected chi connectivity index (χ4v) is 3.09. The third-order valence-electron chi connectivity index (χ3n) is 3.54. The van der Waals surface area contributed by atoms with E-state index in [1.807, 2.05) is 30.3 Å². The van der Waals surface area contributed by atoms with Crippen molar-refractivity contribution in [1.29, 1.82) is 0 Å². The lowest BCUT2D eigenvalue weighted by Gasteiger charge is -2.33. The van der Waals surface area contributed by atoms with Crippen molar-refractivity contribution in [2.24, 2.45) is 5.92 Å². The van der Waals surface area contributed by atoms with E-state index in [0.29, 0.717) is 0 Å². The van der Waals surface area contributed by atoms with E-state index in [-0.39, 0.29) is 23.4 Å². The summed E-state index contributed by atoms with van der Waals surface area (Å²) in [6, 6.07) is 9.92. The quantitative estimate of drug-likeness (QED) is 0.608. The Balaban J connectivity index is 2.21. The Kier molecular flexibility index (Phi) is 4.65. The molecule has 0 radical (unpaired) electrons. The number of ether oxygens (including phenoxy) is 1. The second-order valence-corrected chi connectivity index (χ2v) is 5.47. The maximum atomic E-state index is 11.3. The van der Waals surface area contributed by atoms with Gasteiger partial charge in [0.2, 0.25) is 0 Å². The zero-order valence-corrected chi connectivity index (χ0v) is 11.4. The molecular weight excluding hydrogens is 248 g/mol. The molecule has 1 aromatic carbocycles. The summed E-state index contributed by atoms with van der Waals surface area (Å²) >= 11 is 6.42. The molecule has 0 saturated heterocycles. The number of hydrogen-bond acceptors (Lipinski definition) is 2. The molecule has 1 aliphatic rings. The Hall–Kier alpha value is -1.02. The van der Waals surface area contributed by atoms with E-state index in [2.05, 4.69) is 0 Å². The molecule has 1 saturated carbocycles. The van der Waals surface area contributed by atoms with Crippen LogP contribution in [-0.4, -0.2) is 11.3 Å². The van der Waals surface area contributed by atoms with Gasteiger partial charge in [-0.2, -0.15) is 0 Å². The van der Waals surface area contributed by atoms with Crippen LogP contribution in [0.2, 0.25) is 0 Å². The highest BCUT2D eigenvalue weighted by Crippen LogP contribution is 2.39. The molecule has 3 atom stereocenters. The molecule has 2 rings (SSSR count). The van der Waals surface area contributed by atoms with Crippen LogP contribution in [0.25, 0.3) is 0 Å². The average molecular weight is 267 g/mol. The standard InChI is InChI=1S/C15H19ClO2/c1-11(17)18-15(12-7-3-2-4-8-12)13-9-5-6-10-14(13)16/h2-4,7-8,13-15H,5-6,9-10H2,1H3/t13-,14+,15+/m1/s1. The number of alkyl halides is 1. The molecule has 0 spiro atoms. The lowest BCUT2D eigenvalue weighted by molar-refractivity contribution is -0.150. The number of carbonyl (C=O) groups is 1. The van der Waals surface area contributed by atoms with E-state index < -0.39 is 0 Å². The summed E-state index contributed by atoms with van der Waals surface area (Å²) in [5, 5.41) is 0.100. The van der Waals surface area contributed by atoms with E-state index >= 15 is 0 Å². The number of halogens is 1. The van der Waals surface area contributed by atoms with Gasteiger partial charge in [-0.15, -0.1) is 11.6 Å². The first-order chi connectivity index (χ1) is 8.68. The van der Waals surface area contributed by atoms with Gasteiger partial charge in [0, 0.05) is 18.2 Å². The molecule has 0 heterocycles. The molecule has 1 aliphatic carbocycles. The van der Waals surface area contributed by atoms with Crippen LogP contribution in [0, 0.1) is 5.92 Å². The zero-order valence-electron chi connectivity index (χ0n) is 10.6. The Morgan fingerprint density at radius 1 is 1.28 bits per heavy atom. The highest BCUT2D eigenvalue weighted by atomic mass is 35.5. The fraction of sp³-hybridized carbons (Fsp3) is 0.533. The van der Waals surface area contributed by atoms with Crippen molar-refractivity contribution < 1.29 is 9.53 Å². The van der Waals surface area contributed by atoms with Crippen molar-refractivity contribution in [3.8, 4) is 0 Å². The van der Waals surface area contributed by atoms with E-state index in [1.165, 1.54) is 19.8 Å². The topological polar surface area (TPSA) is 26.3 Å². The first kappa shape index (κ1) is 13.4. The van der Waals surface area contributed by atoms with Crippen molar-refractivity contribution in [2.45, 2.75) is 44.1 Å². The molecule has 0 N–H and O–H groups in total. The summed E-state index contributed by atoms with van der Waals surface area (Å²) in [6.45, 7) is 1.46. The predicted molar refractivity (Wildman–Crippen MR) is 72.5 cm³/mol. The van der Waals surface area contributed by atoms with Crippen LogP contribution in [0.4, 0.5) is 0 Å². The lowest BCUT2D eigenvalue weighted by atomic mass is 9.82. The number of benzene rings is 1. The van der Waals surface area contributed by atoms with Gasteiger partial charge in [-0.1, -0.05) is 43.2 Å². The SMILES string of the molecule is CC(=O)O[C@@H](c1ccccc1)[C@@H]1CCCC[C@@H]1Cl. The first-order valence-corrected chi connectivity index (χ1v) is 6.98. The molecule has 1 aromatic rings. The van der Waals surface area contributed by atoms with Crippen molar-refractivity contribution in [1.82, 2.24) is 0 Å². The van der Waals surface area contributed by atoms with Gasteiger partial charge in [0.25, 0.3) is 0 Å². The molecule has 0 unspecified atom stereocenters. The van der Waals surface area contributed by atoms with E-state index in [4.69, 9.17) is 16.3 Å². The molecule has 1 fully saturated rings. The summed E-state index contributed by atoms with van der Waals surface area (Å²) in [5.41, 5.74) is 1.05. The van der Waals surface area contributed by atoms with Gasteiger partial charge in [-0.05, 0) is 18.4 Å². The Morgan fingerprint density at radius 3 is 2.56 bits per heavy atom. The maximum absolute atomic E-state index is 11.3. The fourth-order valence-electron chi connectivity index (χ4n) is 2.68. The summed E-state index contributed by atoms with van der Waals surface area (Å²) in [4.78, 5) is 11.3. The normalized spacial score (nSPS) is 25.4. The van der Waals surface area contributed by atoms with Gasteiger partial charge < -0.3 is 4.74 Å². The van der Waals surface area contributed by atoms with Gasteiger partial charge in [-0.3, -0.25) is 4.79 Å². The minimum absolute atomic E-state index is 0.100. The van der Waals surface area contributed by atoms with Crippen molar-refractivity contribution in [3.05, 3.63) is 35.9 Å². The molecule has 0 aliphatic heterocycles. The van der Waals surface area contributed by atoms with Gasteiger partial charge >= 0.3 is 5.97 Å². The molecule has 18 heavy (non-hydrogen) atoms. The van der Waals surface area contributed by atoms with Gasteiger partial charge in [0.1, 0.15) is 6.10 Å². The third-order valence-corrected chi connectivity index (χ3v) is 4.08. The largest absolute Gasteiger partial charge is 0.457 e. The van der Waals surface area contributed by atoms with Gasteiger partial charge in [0.15, 0.2) is 0 Å². The Morgan fingerprint density at radius 2 is 1.94 bits per heavy atom. The summed E-state index contributed by atoms with van der Waals surface area (Å²) in [5.74, 6) is -0.00925. The van der Waals surface area contributed by atoms with Crippen LogP contribution in [0.5, 0.6) is 0 Å². The second-order valence-electron chi connectivity index (χ2n) is 4.91. The van der Waals surface area contributed by atoms with Crippen molar-refractivity contribution >= 4 is 17.6 Å². The molecule has 98 valence electrons. The maximum Gasteiger partial charge on any atom is 0.303 e. The Bertz CT molecular complexity index is 391. The monoisotopic (exact) mass is 266 g/mol. The van der Waals surface area contributed by atoms with Crippen LogP contribution in [0.1, 0.15) is 44.3 Å². The number of rotatable bonds is 3. The number of hydrogen-bond donors (Lipinski definition) is 0. The predicted octanol–water partition coefficient (Wildman–Crippen LogP) is 4.09. The zero-order chi connectivity index (χ0) is 13.0. The van der Waals surface area contributed by atoms with E-state index in [0.717, 1.165) is 18.4 Å². The molecule has 0 aromatic heterocycles.